The molecule has 25 heavy (non-hydrogen) atoms. The zero-order chi connectivity index (χ0) is 18.2. The second-order valence-electron chi connectivity index (χ2n) is 6.13. The highest BCUT2D eigenvalue weighted by Crippen LogP contribution is 2.13. The molecule has 0 radical (unpaired) electrons. The topological polar surface area (TPSA) is 74.3 Å². The first-order valence-electron chi connectivity index (χ1n) is 8.20. The first-order valence-corrected chi connectivity index (χ1v) is 8.20. The normalized spacial score (nSPS) is 11.5. The van der Waals surface area contributed by atoms with Gasteiger partial charge in [0, 0.05) is 32.0 Å². The number of hydrogen-bond acceptors (Lipinski definition) is 4. The molecule has 1 heterocycles. The van der Waals surface area contributed by atoms with E-state index in [4.69, 9.17) is 0 Å². The minimum Gasteiger partial charge on any atom is -0.378 e. The van der Waals surface area contributed by atoms with Crippen LogP contribution in [-0.4, -0.2) is 43.5 Å². The van der Waals surface area contributed by atoms with Gasteiger partial charge in [0.25, 0.3) is 5.91 Å². The third-order valence-electron chi connectivity index (χ3n) is 3.71. The quantitative estimate of drug-likeness (QED) is 0.803. The van der Waals surface area contributed by atoms with Crippen LogP contribution >= 0.6 is 0 Å². The molecule has 1 unspecified atom stereocenters. The maximum atomic E-state index is 12.0. The summed E-state index contributed by atoms with van der Waals surface area (Å²) in [6.45, 7) is 1.87. The molecule has 0 saturated heterocycles. The van der Waals surface area contributed by atoms with E-state index in [0.717, 1.165) is 17.7 Å². The van der Waals surface area contributed by atoms with Crippen LogP contribution in [0.15, 0.2) is 48.7 Å². The van der Waals surface area contributed by atoms with Crippen molar-refractivity contribution >= 4 is 17.5 Å². The van der Waals surface area contributed by atoms with Gasteiger partial charge in [0.15, 0.2) is 0 Å². The summed E-state index contributed by atoms with van der Waals surface area (Å²) in [6, 6.07) is 13.3. The zero-order valence-corrected chi connectivity index (χ0v) is 14.8. The molecule has 0 saturated carbocycles. The minimum absolute atomic E-state index is 0.0236. The molecule has 2 rings (SSSR count). The van der Waals surface area contributed by atoms with Gasteiger partial charge in [0.05, 0.1) is 6.54 Å². The molecule has 0 fully saturated rings. The van der Waals surface area contributed by atoms with Crippen molar-refractivity contribution in [1.82, 2.24) is 15.6 Å². The molecule has 0 aliphatic carbocycles. The summed E-state index contributed by atoms with van der Waals surface area (Å²) in [4.78, 5) is 29.8. The number of anilines is 1. The largest absolute Gasteiger partial charge is 0.378 e. The van der Waals surface area contributed by atoms with Crippen molar-refractivity contribution in [2.75, 3.05) is 25.5 Å². The van der Waals surface area contributed by atoms with Crippen LogP contribution in [0.4, 0.5) is 5.69 Å². The Bertz CT molecular complexity index is 699. The van der Waals surface area contributed by atoms with E-state index in [0.29, 0.717) is 5.69 Å². The van der Waals surface area contributed by atoms with Crippen molar-refractivity contribution in [3.05, 3.63) is 59.9 Å². The maximum absolute atomic E-state index is 12.0. The predicted molar refractivity (Wildman–Crippen MR) is 98.6 cm³/mol. The SMILES string of the molecule is CC(Cc1ccc(N(C)C)cc1)NC(=O)CNC(=O)c1ccccn1. The number of aromatic nitrogens is 1. The van der Waals surface area contributed by atoms with Crippen molar-refractivity contribution < 1.29 is 9.59 Å². The summed E-state index contributed by atoms with van der Waals surface area (Å²) in [5, 5.41) is 5.46. The third-order valence-corrected chi connectivity index (χ3v) is 3.71. The molecule has 1 aromatic heterocycles. The number of rotatable bonds is 7. The fraction of sp³-hybridized carbons (Fsp3) is 0.316. The van der Waals surface area contributed by atoms with E-state index in [1.807, 2.05) is 25.9 Å². The fourth-order valence-corrected chi connectivity index (χ4v) is 2.41. The first-order chi connectivity index (χ1) is 12.0. The van der Waals surface area contributed by atoms with Gasteiger partial charge in [-0.15, -0.1) is 0 Å². The summed E-state index contributed by atoms with van der Waals surface area (Å²) in [5.74, 6) is -0.579. The Labute approximate surface area is 148 Å². The van der Waals surface area contributed by atoms with Gasteiger partial charge in [-0.2, -0.15) is 0 Å². The van der Waals surface area contributed by atoms with E-state index < -0.39 is 0 Å². The molecule has 2 N–H and O–H groups in total. The highest BCUT2D eigenvalue weighted by atomic mass is 16.2. The molecule has 2 amide bonds. The molecule has 1 aromatic carbocycles. The monoisotopic (exact) mass is 340 g/mol. The second-order valence-corrected chi connectivity index (χ2v) is 6.13. The van der Waals surface area contributed by atoms with Gasteiger partial charge in [-0.3, -0.25) is 14.6 Å². The number of nitrogens with one attached hydrogen (secondary N) is 2. The first kappa shape index (κ1) is 18.4. The molecule has 0 aliphatic heterocycles. The van der Waals surface area contributed by atoms with E-state index >= 15 is 0 Å². The lowest BCUT2D eigenvalue weighted by molar-refractivity contribution is -0.120. The number of carbonyl (C=O) groups excluding carboxylic acids is 2. The predicted octanol–water partition coefficient (Wildman–Crippen LogP) is 1.62. The highest BCUT2D eigenvalue weighted by molar-refractivity contribution is 5.94. The standard InChI is InChI=1S/C19H24N4O2/c1-14(12-15-7-9-16(10-8-15)23(2)3)22-18(24)13-21-19(25)17-6-4-5-11-20-17/h4-11,14H,12-13H2,1-3H3,(H,21,25)(H,22,24). The van der Waals surface area contributed by atoms with Crippen LogP contribution in [0.3, 0.4) is 0 Å². The van der Waals surface area contributed by atoms with Gasteiger partial charge in [-0.1, -0.05) is 18.2 Å². The fourth-order valence-electron chi connectivity index (χ4n) is 2.41. The van der Waals surface area contributed by atoms with Gasteiger partial charge in [0.1, 0.15) is 5.69 Å². The average Bonchev–Trinajstić information content (AvgIpc) is 2.60. The summed E-state index contributed by atoms with van der Waals surface area (Å²) >= 11 is 0. The number of hydrogen-bond donors (Lipinski definition) is 2. The zero-order valence-electron chi connectivity index (χ0n) is 14.8. The van der Waals surface area contributed by atoms with Gasteiger partial charge in [-0.25, -0.2) is 0 Å². The van der Waals surface area contributed by atoms with Crippen LogP contribution in [0.5, 0.6) is 0 Å². The van der Waals surface area contributed by atoms with Gasteiger partial charge in [0.2, 0.25) is 5.91 Å². The van der Waals surface area contributed by atoms with Crippen molar-refractivity contribution in [1.29, 1.82) is 0 Å². The minimum atomic E-state index is -0.359. The van der Waals surface area contributed by atoms with Crippen molar-refractivity contribution in [2.45, 2.75) is 19.4 Å². The lowest BCUT2D eigenvalue weighted by Gasteiger charge is -2.16. The summed E-state index contributed by atoms with van der Waals surface area (Å²) in [7, 11) is 3.99. The molecule has 132 valence electrons. The van der Waals surface area contributed by atoms with E-state index in [-0.39, 0.29) is 24.4 Å². The number of nitrogens with zero attached hydrogens (tertiary/aromatic N) is 2. The van der Waals surface area contributed by atoms with E-state index in [1.54, 1.807) is 24.4 Å². The molecule has 0 spiro atoms. The molecule has 0 bridgehead atoms. The number of pyridine rings is 1. The maximum Gasteiger partial charge on any atom is 0.270 e. The van der Waals surface area contributed by atoms with Crippen LogP contribution in [0, 0.1) is 0 Å². The molecular weight excluding hydrogens is 316 g/mol. The molecule has 1 atom stereocenters. The van der Waals surface area contributed by atoms with Crippen LogP contribution < -0.4 is 15.5 Å². The Morgan fingerprint density at radius 2 is 1.84 bits per heavy atom. The smallest absolute Gasteiger partial charge is 0.270 e. The molecule has 6 nitrogen and oxygen atoms in total. The number of benzene rings is 1. The molecule has 6 heteroatoms. The molecule has 2 aromatic rings. The Balaban J connectivity index is 1.77. The van der Waals surface area contributed by atoms with Crippen molar-refractivity contribution in [3.8, 4) is 0 Å². The van der Waals surface area contributed by atoms with Gasteiger partial charge < -0.3 is 15.5 Å². The van der Waals surface area contributed by atoms with Crippen LogP contribution in [0.2, 0.25) is 0 Å². The third kappa shape index (κ3) is 5.91. The lowest BCUT2D eigenvalue weighted by Crippen LogP contribution is -2.41. The number of carbonyl (C=O) groups is 2. The van der Waals surface area contributed by atoms with Gasteiger partial charge >= 0.3 is 0 Å². The summed E-state index contributed by atoms with van der Waals surface area (Å²) in [5.41, 5.74) is 2.58. The lowest BCUT2D eigenvalue weighted by atomic mass is 10.1. The average molecular weight is 340 g/mol. The van der Waals surface area contributed by atoms with Crippen molar-refractivity contribution in [2.24, 2.45) is 0 Å². The summed E-state index contributed by atoms with van der Waals surface area (Å²) < 4.78 is 0. The van der Waals surface area contributed by atoms with E-state index in [9.17, 15) is 9.59 Å². The van der Waals surface area contributed by atoms with E-state index in [2.05, 4.69) is 39.9 Å². The van der Waals surface area contributed by atoms with Gasteiger partial charge in [-0.05, 0) is 43.2 Å². The Kier molecular flexibility index (Phi) is 6.51. The Morgan fingerprint density at radius 3 is 2.44 bits per heavy atom. The van der Waals surface area contributed by atoms with Crippen LogP contribution in [-0.2, 0) is 11.2 Å². The van der Waals surface area contributed by atoms with Crippen LogP contribution in [0.25, 0.3) is 0 Å². The van der Waals surface area contributed by atoms with Crippen LogP contribution in [0.1, 0.15) is 23.0 Å². The van der Waals surface area contributed by atoms with Crippen molar-refractivity contribution in [3.63, 3.8) is 0 Å². The second kappa shape index (κ2) is 8.82. The number of amides is 2. The Hall–Kier alpha value is -2.89. The van der Waals surface area contributed by atoms with E-state index in [1.165, 1.54) is 0 Å². The highest BCUT2D eigenvalue weighted by Gasteiger charge is 2.11. The molecular formula is C19H24N4O2. The Morgan fingerprint density at radius 1 is 1.12 bits per heavy atom. The summed E-state index contributed by atoms with van der Waals surface area (Å²) in [6.07, 6.45) is 2.27. The molecule has 0 aliphatic rings.